The van der Waals surface area contributed by atoms with Crippen LogP contribution in [-0.4, -0.2) is 109 Å². The summed E-state index contributed by atoms with van der Waals surface area (Å²) >= 11 is 0. The Balaban J connectivity index is 0.000000166. The summed E-state index contributed by atoms with van der Waals surface area (Å²) in [7, 11) is 0. The monoisotopic (exact) mass is 803 g/mol. The minimum Gasteiger partial charge on any atom is -0.478 e. The van der Waals surface area contributed by atoms with Crippen LogP contribution in [0.1, 0.15) is 70.9 Å². The number of aryl methyl sites for hydroxylation is 2. The van der Waals surface area contributed by atoms with E-state index in [9.17, 15) is 14.7 Å². The van der Waals surface area contributed by atoms with E-state index in [1.54, 1.807) is 24.5 Å². The molecule has 2 N–H and O–H groups in total. The molecule has 0 spiro atoms. The van der Waals surface area contributed by atoms with E-state index in [0.717, 1.165) is 94.0 Å². The molecule has 2 aromatic carbocycles. The molecule has 59 heavy (non-hydrogen) atoms. The van der Waals surface area contributed by atoms with E-state index in [0.29, 0.717) is 45.9 Å². The number of morpholine rings is 2. The lowest BCUT2D eigenvalue weighted by molar-refractivity contribution is 0.0371. The number of carbonyl (C=O) groups is 2. The van der Waals surface area contributed by atoms with Gasteiger partial charge in [-0.15, -0.1) is 0 Å². The number of pyridine rings is 2. The van der Waals surface area contributed by atoms with Crippen molar-refractivity contribution in [2.75, 3.05) is 72.2 Å². The Bertz CT molecular complexity index is 2230. The number of unbranched alkanes of at least 4 members (excludes halogenated alkanes) is 3. The molecule has 0 saturated carbocycles. The molecule has 12 heteroatoms. The number of carbonyl (C=O) groups excluding carboxylic acids is 1. The van der Waals surface area contributed by atoms with Crippen LogP contribution in [-0.2, 0) is 9.47 Å². The van der Waals surface area contributed by atoms with Crippen LogP contribution in [0.25, 0.3) is 44.7 Å². The van der Waals surface area contributed by atoms with Crippen molar-refractivity contribution in [3.63, 3.8) is 0 Å². The topological polar surface area (TPSA) is 143 Å². The number of carboxylic acid groups (broad SMARTS) is 1. The zero-order chi connectivity index (χ0) is 41.4. The lowest BCUT2D eigenvalue weighted by Crippen LogP contribution is -2.37. The fourth-order valence-corrected chi connectivity index (χ4v) is 7.14. The summed E-state index contributed by atoms with van der Waals surface area (Å²) in [6, 6.07) is 22.1. The van der Waals surface area contributed by atoms with Crippen LogP contribution in [0, 0.1) is 13.8 Å². The van der Waals surface area contributed by atoms with Crippen LogP contribution in [0.15, 0.2) is 94.2 Å². The molecule has 312 valence electrons. The maximum Gasteiger partial charge on any atom is 0.336 e. The summed E-state index contributed by atoms with van der Waals surface area (Å²) < 4.78 is 21.4. The Hall–Kier alpha value is -5.40. The fraction of sp³-hybridized carbons (Fsp3) is 0.404. The van der Waals surface area contributed by atoms with Crippen molar-refractivity contribution < 1.29 is 33.0 Å². The molecule has 0 bridgehead atoms. The van der Waals surface area contributed by atoms with Crippen molar-refractivity contribution in [1.29, 1.82) is 0 Å². The number of aromatic carboxylic acids is 1. The molecular formula is C47H57N5O7. The molecule has 4 aromatic heterocycles. The normalized spacial score (nSPS) is 14.6. The van der Waals surface area contributed by atoms with Gasteiger partial charge in [-0.3, -0.25) is 14.6 Å². The van der Waals surface area contributed by atoms with Gasteiger partial charge >= 0.3 is 5.97 Å². The van der Waals surface area contributed by atoms with E-state index < -0.39 is 5.97 Å². The summed E-state index contributed by atoms with van der Waals surface area (Å²) in [5.74, 6) is 0.185. The van der Waals surface area contributed by atoms with Gasteiger partial charge in [0.1, 0.15) is 11.4 Å². The zero-order valence-electron chi connectivity index (χ0n) is 34.6. The van der Waals surface area contributed by atoms with E-state index in [4.69, 9.17) is 18.3 Å². The molecule has 0 aliphatic carbocycles. The molecule has 6 heterocycles. The van der Waals surface area contributed by atoms with E-state index in [-0.39, 0.29) is 11.5 Å². The number of hydrogen-bond acceptors (Lipinski definition) is 10. The number of fused-ring (bicyclic) bond motifs is 2. The highest BCUT2D eigenvalue weighted by Gasteiger charge is 2.17. The number of furan rings is 2. The molecule has 2 saturated heterocycles. The number of aromatic nitrogens is 2. The summed E-state index contributed by atoms with van der Waals surface area (Å²) in [4.78, 5) is 38.4. The number of ether oxygens (including phenoxy) is 2. The van der Waals surface area contributed by atoms with Crippen LogP contribution in [0.2, 0.25) is 0 Å². The Morgan fingerprint density at radius 1 is 0.661 bits per heavy atom. The summed E-state index contributed by atoms with van der Waals surface area (Å²) in [5, 5.41) is 13.9. The SMILES string of the molecule is CCCCCN1CCOCC1.Cc1ccc2nc(-c3ccco3)cc(C(=O)NCCCCN3CCOCC3)c2c1.Cc1ccc2nc(-c3ccco3)cc(C(=O)O)c2c1. The second-order valence-corrected chi connectivity index (χ2v) is 15.0. The summed E-state index contributed by atoms with van der Waals surface area (Å²) in [6.07, 6.45) is 9.23. The molecule has 0 atom stereocenters. The Labute approximate surface area is 346 Å². The first-order valence-corrected chi connectivity index (χ1v) is 20.8. The van der Waals surface area contributed by atoms with Gasteiger partial charge in [-0.2, -0.15) is 0 Å². The molecular weight excluding hydrogens is 747 g/mol. The predicted molar refractivity (Wildman–Crippen MR) is 231 cm³/mol. The molecule has 2 aliphatic heterocycles. The third-order valence-electron chi connectivity index (χ3n) is 10.4. The van der Waals surface area contributed by atoms with Crippen molar-refractivity contribution in [3.8, 4) is 22.9 Å². The Morgan fingerprint density at radius 2 is 1.15 bits per heavy atom. The lowest BCUT2D eigenvalue weighted by Gasteiger charge is -2.26. The standard InChI is InChI=1S/C23H27N3O3.C15H11NO3.C9H19NO/c1-17-6-7-20-18(15-17)19(16-21(25-20)22-5-4-12-29-22)23(27)24-8-2-3-9-26-10-13-28-14-11-26;1-9-4-5-12-10(7-9)11(15(17)18)8-13(16-12)14-3-2-6-19-14;1-2-3-4-5-10-6-8-11-9-7-10/h4-7,12,15-16H,2-3,8-11,13-14H2,1H3,(H,24,27);2-8H,1H3,(H,17,18);2-9H2,1H3. The lowest BCUT2D eigenvalue weighted by atomic mass is 10.0. The van der Waals surface area contributed by atoms with Crippen LogP contribution in [0.3, 0.4) is 0 Å². The van der Waals surface area contributed by atoms with Gasteiger partial charge in [0.05, 0.1) is 61.1 Å². The third-order valence-corrected chi connectivity index (χ3v) is 10.4. The predicted octanol–water partition coefficient (Wildman–Crippen LogP) is 8.66. The van der Waals surface area contributed by atoms with Crippen LogP contribution >= 0.6 is 0 Å². The van der Waals surface area contributed by atoms with Gasteiger partial charge in [-0.05, 0) is 107 Å². The first-order valence-electron chi connectivity index (χ1n) is 20.8. The number of nitrogens with one attached hydrogen (secondary N) is 1. The Kier molecular flexibility index (Phi) is 16.2. The van der Waals surface area contributed by atoms with Crippen LogP contribution < -0.4 is 5.32 Å². The molecule has 2 fully saturated rings. The molecule has 0 radical (unpaired) electrons. The third kappa shape index (κ3) is 12.5. The van der Waals surface area contributed by atoms with Crippen molar-refractivity contribution in [3.05, 3.63) is 108 Å². The van der Waals surface area contributed by atoms with E-state index in [2.05, 4.69) is 32.0 Å². The largest absolute Gasteiger partial charge is 0.478 e. The summed E-state index contributed by atoms with van der Waals surface area (Å²) in [5.41, 5.74) is 5.62. The average Bonchev–Trinajstić information content (AvgIpc) is 4.01. The maximum absolute atomic E-state index is 13.0. The summed E-state index contributed by atoms with van der Waals surface area (Å²) in [6.45, 7) is 17.0. The molecule has 8 rings (SSSR count). The van der Waals surface area contributed by atoms with E-state index in [1.165, 1.54) is 32.1 Å². The smallest absolute Gasteiger partial charge is 0.336 e. The van der Waals surface area contributed by atoms with E-state index in [1.807, 2.05) is 68.4 Å². The minimum atomic E-state index is -0.967. The number of amides is 1. The highest BCUT2D eigenvalue weighted by atomic mass is 16.5. The number of nitrogens with zero attached hydrogens (tertiary/aromatic N) is 4. The molecule has 12 nitrogen and oxygen atoms in total. The second-order valence-electron chi connectivity index (χ2n) is 15.0. The number of hydrogen-bond donors (Lipinski definition) is 2. The van der Waals surface area contributed by atoms with Crippen molar-refractivity contribution in [1.82, 2.24) is 25.1 Å². The average molecular weight is 804 g/mol. The molecule has 2 aliphatic rings. The van der Waals surface area contributed by atoms with Gasteiger partial charge in [-0.25, -0.2) is 14.8 Å². The first-order chi connectivity index (χ1) is 28.8. The fourth-order valence-electron chi connectivity index (χ4n) is 7.14. The number of rotatable bonds is 13. The zero-order valence-corrected chi connectivity index (χ0v) is 34.6. The number of carboxylic acids is 1. The quantitative estimate of drug-likeness (QED) is 0.108. The van der Waals surface area contributed by atoms with Crippen molar-refractivity contribution >= 4 is 33.7 Å². The number of benzene rings is 2. The Morgan fingerprint density at radius 3 is 1.63 bits per heavy atom. The minimum absolute atomic E-state index is 0.0674. The van der Waals surface area contributed by atoms with Gasteiger partial charge in [0.2, 0.25) is 0 Å². The van der Waals surface area contributed by atoms with Crippen molar-refractivity contribution in [2.45, 2.75) is 52.9 Å². The van der Waals surface area contributed by atoms with Gasteiger partial charge in [0, 0.05) is 43.5 Å². The molecule has 1 amide bonds. The van der Waals surface area contributed by atoms with Gasteiger partial charge in [0.15, 0.2) is 11.5 Å². The molecule has 0 unspecified atom stereocenters. The van der Waals surface area contributed by atoms with E-state index >= 15 is 0 Å². The first kappa shape index (κ1) is 43.2. The molecule has 6 aromatic rings. The van der Waals surface area contributed by atoms with Gasteiger partial charge < -0.3 is 28.7 Å². The van der Waals surface area contributed by atoms with Gasteiger partial charge in [0.25, 0.3) is 5.91 Å². The highest BCUT2D eigenvalue weighted by Crippen LogP contribution is 2.27. The van der Waals surface area contributed by atoms with Crippen molar-refractivity contribution in [2.24, 2.45) is 0 Å². The second kappa shape index (κ2) is 22.1. The van der Waals surface area contributed by atoms with Gasteiger partial charge in [-0.1, -0.05) is 43.0 Å². The van der Waals surface area contributed by atoms with Crippen LogP contribution in [0.5, 0.6) is 0 Å². The van der Waals surface area contributed by atoms with Crippen LogP contribution in [0.4, 0.5) is 0 Å². The highest BCUT2D eigenvalue weighted by molar-refractivity contribution is 6.07. The maximum atomic E-state index is 13.0.